The number of hydrogen-bond acceptors (Lipinski definition) is 3. The summed E-state index contributed by atoms with van der Waals surface area (Å²) in [6.07, 6.45) is 9.26. The number of amides is 1. The first-order valence-electron chi connectivity index (χ1n) is 8.44. The molecule has 0 spiro atoms. The average Bonchev–Trinajstić information content (AvgIpc) is 2.39. The van der Waals surface area contributed by atoms with Crippen molar-refractivity contribution < 1.29 is 14.3 Å². The van der Waals surface area contributed by atoms with Crippen molar-refractivity contribution in [2.75, 3.05) is 13.7 Å². The Morgan fingerprint density at radius 1 is 1.23 bits per heavy atom. The molecular formula is C17H26BrNO3. The van der Waals surface area contributed by atoms with Gasteiger partial charge in [-0.2, -0.15) is 0 Å². The lowest BCUT2D eigenvalue weighted by molar-refractivity contribution is -0.141. The number of ether oxygens (including phenoxy) is 1. The molecule has 0 aromatic rings. The van der Waals surface area contributed by atoms with Gasteiger partial charge < -0.3 is 10.1 Å². The largest absolute Gasteiger partial charge is 0.469 e. The molecule has 0 aromatic heterocycles. The van der Waals surface area contributed by atoms with Gasteiger partial charge in [0.1, 0.15) is 0 Å². The lowest BCUT2D eigenvalue weighted by Crippen LogP contribution is -2.54. The average molecular weight is 372 g/mol. The van der Waals surface area contributed by atoms with Gasteiger partial charge in [0.05, 0.1) is 7.11 Å². The van der Waals surface area contributed by atoms with Crippen LogP contribution in [0.5, 0.6) is 0 Å². The number of hydrogen-bond donors (Lipinski definition) is 1. The van der Waals surface area contributed by atoms with Gasteiger partial charge in [0.15, 0.2) is 0 Å². The number of rotatable bonds is 6. The fraction of sp³-hybridized carbons (Fsp3) is 0.882. The van der Waals surface area contributed by atoms with E-state index in [1.165, 1.54) is 39.2 Å². The molecule has 4 aliphatic rings. The van der Waals surface area contributed by atoms with Crippen LogP contribution in [0, 0.1) is 17.3 Å². The minimum atomic E-state index is -0.212. The summed E-state index contributed by atoms with van der Waals surface area (Å²) in [4.78, 5) is 23.4. The van der Waals surface area contributed by atoms with E-state index in [0.717, 1.165) is 18.3 Å². The van der Waals surface area contributed by atoms with Gasteiger partial charge >= 0.3 is 5.97 Å². The maximum Gasteiger partial charge on any atom is 0.305 e. The molecule has 0 aliphatic heterocycles. The molecule has 4 nitrogen and oxygen atoms in total. The maximum absolute atomic E-state index is 12.3. The second-order valence-corrected chi connectivity index (χ2v) is 9.50. The van der Waals surface area contributed by atoms with E-state index in [2.05, 4.69) is 26.0 Å². The monoisotopic (exact) mass is 371 g/mol. The summed E-state index contributed by atoms with van der Waals surface area (Å²) in [5.41, 5.74) is 0.222. The fourth-order valence-electron chi connectivity index (χ4n) is 5.51. The second kappa shape index (κ2) is 6.14. The molecule has 0 radical (unpaired) electrons. The molecule has 4 bridgehead atoms. The summed E-state index contributed by atoms with van der Waals surface area (Å²) in [6.45, 7) is 0.566. The van der Waals surface area contributed by atoms with Crippen LogP contribution in [0.2, 0.25) is 0 Å². The van der Waals surface area contributed by atoms with Crippen LogP contribution in [0.1, 0.15) is 57.8 Å². The van der Waals surface area contributed by atoms with Crippen LogP contribution < -0.4 is 5.32 Å². The van der Waals surface area contributed by atoms with Crippen LogP contribution in [0.15, 0.2) is 0 Å². The minimum Gasteiger partial charge on any atom is -0.469 e. The minimum absolute atomic E-state index is 0.155. The second-order valence-electron chi connectivity index (χ2n) is 7.82. The molecule has 0 aromatic carbocycles. The van der Waals surface area contributed by atoms with Gasteiger partial charge in [-0.3, -0.25) is 9.59 Å². The summed E-state index contributed by atoms with van der Waals surface area (Å²) >= 11 is 3.99. The zero-order valence-corrected chi connectivity index (χ0v) is 14.9. The van der Waals surface area contributed by atoms with Crippen LogP contribution in [0.25, 0.3) is 0 Å². The van der Waals surface area contributed by atoms with E-state index in [-0.39, 0.29) is 17.3 Å². The molecule has 2 atom stereocenters. The van der Waals surface area contributed by atoms with Gasteiger partial charge in [0.25, 0.3) is 0 Å². The van der Waals surface area contributed by atoms with Gasteiger partial charge in [0, 0.05) is 23.7 Å². The van der Waals surface area contributed by atoms with Crippen LogP contribution in [-0.2, 0) is 14.3 Å². The van der Waals surface area contributed by atoms with Crippen LogP contribution in [0.3, 0.4) is 0 Å². The van der Waals surface area contributed by atoms with E-state index < -0.39 is 0 Å². The molecule has 22 heavy (non-hydrogen) atoms. The molecule has 0 heterocycles. The van der Waals surface area contributed by atoms with Gasteiger partial charge in [-0.1, -0.05) is 15.9 Å². The highest BCUT2D eigenvalue weighted by atomic mass is 79.9. The molecule has 4 fully saturated rings. The highest BCUT2D eigenvalue weighted by Gasteiger charge is 2.57. The molecule has 5 heteroatoms. The fourth-order valence-corrected chi connectivity index (χ4v) is 7.02. The first-order chi connectivity index (χ1) is 10.4. The summed E-state index contributed by atoms with van der Waals surface area (Å²) in [5.74, 6) is 1.57. The smallest absolute Gasteiger partial charge is 0.305 e. The Morgan fingerprint density at radius 3 is 2.50 bits per heavy atom. The number of carbonyl (C=O) groups is 2. The van der Waals surface area contributed by atoms with E-state index in [1.807, 2.05) is 0 Å². The number of halogens is 1. The summed E-state index contributed by atoms with van der Waals surface area (Å²) in [6, 6.07) is 0. The zero-order valence-electron chi connectivity index (χ0n) is 13.3. The zero-order chi connectivity index (χ0) is 15.8. The Kier molecular flexibility index (Phi) is 4.54. The highest BCUT2D eigenvalue weighted by Crippen LogP contribution is 2.65. The third-order valence-electron chi connectivity index (χ3n) is 5.75. The van der Waals surface area contributed by atoms with Crippen molar-refractivity contribution in [1.82, 2.24) is 5.32 Å². The van der Waals surface area contributed by atoms with Crippen molar-refractivity contribution in [3.63, 3.8) is 0 Å². The number of carbonyl (C=O) groups excluding carboxylic acids is 2. The van der Waals surface area contributed by atoms with Crippen molar-refractivity contribution in [3.8, 4) is 0 Å². The van der Waals surface area contributed by atoms with E-state index in [1.54, 1.807) is 0 Å². The van der Waals surface area contributed by atoms with Gasteiger partial charge in [-0.15, -0.1) is 0 Å². The topological polar surface area (TPSA) is 55.4 Å². The Balaban J connectivity index is 1.48. The molecule has 2 unspecified atom stereocenters. The predicted molar refractivity (Wildman–Crippen MR) is 87.6 cm³/mol. The Labute approximate surface area is 140 Å². The van der Waals surface area contributed by atoms with Crippen molar-refractivity contribution in [1.29, 1.82) is 0 Å². The molecule has 4 saturated carbocycles. The molecule has 0 saturated heterocycles. The molecule has 1 N–H and O–H groups in total. The first kappa shape index (κ1) is 16.3. The van der Waals surface area contributed by atoms with Crippen LogP contribution in [0.4, 0.5) is 0 Å². The van der Waals surface area contributed by atoms with Crippen molar-refractivity contribution in [3.05, 3.63) is 0 Å². The number of esters is 1. The third-order valence-corrected chi connectivity index (χ3v) is 6.68. The molecule has 4 rings (SSSR count). The van der Waals surface area contributed by atoms with Gasteiger partial charge in [-0.25, -0.2) is 0 Å². The lowest BCUT2D eigenvalue weighted by atomic mass is 9.48. The summed E-state index contributed by atoms with van der Waals surface area (Å²) < 4.78 is 4.91. The third kappa shape index (κ3) is 3.50. The number of alkyl halides is 1. The molecular weight excluding hydrogens is 346 g/mol. The van der Waals surface area contributed by atoms with E-state index in [0.29, 0.717) is 30.1 Å². The van der Waals surface area contributed by atoms with Crippen molar-refractivity contribution in [2.24, 2.45) is 17.3 Å². The lowest BCUT2D eigenvalue weighted by Gasteiger charge is -2.60. The highest BCUT2D eigenvalue weighted by molar-refractivity contribution is 9.10. The standard InChI is InChI=1S/C17H26BrNO3/c1-22-15(21)3-2-4-19-14(20)10-16-6-12-5-13(7-16)9-17(18,8-12)11-16/h12-13H,2-11H2,1H3,(H,19,20). The van der Waals surface area contributed by atoms with Crippen molar-refractivity contribution in [2.45, 2.75) is 62.1 Å². The Bertz CT molecular complexity index is 451. The maximum atomic E-state index is 12.3. The quantitative estimate of drug-likeness (QED) is 0.443. The van der Waals surface area contributed by atoms with Gasteiger partial charge in [0.2, 0.25) is 5.91 Å². The first-order valence-corrected chi connectivity index (χ1v) is 9.24. The number of methoxy groups -OCH3 is 1. The molecule has 124 valence electrons. The molecule has 1 amide bonds. The van der Waals surface area contributed by atoms with E-state index in [4.69, 9.17) is 0 Å². The summed E-state index contributed by atoms with van der Waals surface area (Å²) in [5, 5.41) is 2.99. The SMILES string of the molecule is COC(=O)CCCNC(=O)CC12CC3CC(CC(Br)(C3)C1)C2. The Morgan fingerprint density at radius 2 is 1.91 bits per heavy atom. The van der Waals surface area contributed by atoms with Gasteiger partial charge in [-0.05, 0) is 62.2 Å². The Hall–Kier alpha value is -0.580. The number of nitrogens with one attached hydrogen (secondary N) is 1. The predicted octanol–water partition coefficient (Wildman–Crippen LogP) is 3.18. The van der Waals surface area contributed by atoms with Crippen molar-refractivity contribution >= 4 is 27.8 Å². The normalized spacial score (nSPS) is 38.8. The van der Waals surface area contributed by atoms with E-state index in [9.17, 15) is 9.59 Å². The van der Waals surface area contributed by atoms with E-state index >= 15 is 0 Å². The summed E-state index contributed by atoms with van der Waals surface area (Å²) in [7, 11) is 1.39. The van der Waals surface area contributed by atoms with Crippen LogP contribution >= 0.6 is 15.9 Å². The molecule has 4 aliphatic carbocycles. The van der Waals surface area contributed by atoms with Crippen LogP contribution in [-0.4, -0.2) is 29.9 Å².